The second-order valence-electron chi connectivity index (χ2n) is 9.43. The number of anilines is 2. The van der Waals surface area contributed by atoms with Gasteiger partial charge < -0.3 is 20.1 Å². The van der Waals surface area contributed by atoms with E-state index in [1.807, 2.05) is 33.7 Å². The molecule has 2 N–H and O–H groups in total. The van der Waals surface area contributed by atoms with E-state index < -0.39 is 0 Å². The molecule has 3 atom stereocenters. The summed E-state index contributed by atoms with van der Waals surface area (Å²) in [6.07, 6.45) is 5.49. The van der Waals surface area contributed by atoms with Gasteiger partial charge in [0.15, 0.2) is 0 Å². The van der Waals surface area contributed by atoms with Gasteiger partial charge in [-0.15, -0.1) is 0 Å². The Morgan fingerprint density at radius 3 is 2.81 bits per heavy atom. The van der Waals surface area contributed by atoms with Crippen molar-refractivity contribution in [3.05, 3.63) is 58.0 Å². The van der Waals surface area contributed by atoms with Crippen LogP contribution in [0, 0.1) is 5.92 Å². The second-order valence-corrected chi connectivity index (χ2v) is 9.43. The third kappa shape index (κ3) is 3.62. The van der Waals surface area contributed by atoms with Crippen molar-refractivity contribution in [2.24, 2.45) is 5.92 Å². The average molecular weight is 421 g/mol. The Labute approximate surface area is 183 Å². The van der Waals surface area contributed by atoms with E-state index in [4.69, 9.17) is 5.73 Å². The molecule has 31 heavy (non-hydrogen) atoms. The lowest BCUT2D eigenvalue weighted by Gasteiger charge is -2.44. The predicted octanol–water partition coefficient (Wildman–Crippen LogP) is 3.46. The number of carbonyl (C=O) groups excluding carboxylic acids is 1. The van der Waals surface area contributed by atoms with Crippen LogP contribution in [0.1, 0.15) is 61.0 Å². The molecule has 2 fully saturated rings. The number of fused-ring (bicyclic) bond motifs is 4. The van der Waals surface area contributed by atoms with Crippen LogP contribution in [-0.2, 0) is 6.54 Å². The molecule has 0 saturated carbocycles. The Balaban J connectivity index is 1.37. The van der Waals surface area contributed by atoms with Crippen LogP contribution in [-0.4, -0.2) is 41.1 Å². The lowest BCUT2D eigenvalue weighted by Crippen LogP contribution is -2.47. The Bertz CT molecular complexity index is 1050. The maximum atomic E-state index is 13.2. The van der Waals surface area contributed by atoms with Crippen LogP contribution < -0.4 is 16.2 Å². The average Bonchev–Trinajstić information content (AvgIpc) is 2.79. The molecule has 2 bridgehead atoms. The standard InChI is InChI=1S/C25H32N4O2/c1-2-20-6-3-4-11-28(20)25(31)18-9-10-23(21(26)13-18)27-14-17-12-19(16-27)22-7-5-8-24(30)29(22)15-17/h5,7-10,13,17,19-20H,2-4,6,11-12,14-16,26H2,1H3/t17-,19+,20+/m1/s1. The highest BCUT2D eigenvalue weighted by Crippen LogP contribution is 2.38. The highest BCUT2D eigenvalue weighted by atomic mass is 16.2. The molecule has 3 aliphatic rings. The highest BCUT2D eigenvalue weighted by Gasteiger charge is 2.35. The van der Waals surface area contributed by atoms with Gasteiger partial charge in [-0.1, -0.05) is 13.0 Å². The van der Waals surface area contributed by atoms with E-state index in [0.29, 0.717) is 29.1 Å². The zero-order chi connectivity index (χ0) is 21.5. The summed E-state index contributed by atoms with van der Waals surface area (Å²) < 4.78 is 1.95. The number of benzene rings is 1. The van der Waals surface area contributed by atoms with Gasteiger partial charge in [0.25, 0.3) is 11.5 Å². The Hall–Kier alpha value is -2.76. The number of carbonyl (C=O) groups is 1. The van der Waals surface area contributed by atoms with Crippen LogP contribution in [0.3, 0.4) is 0 Å². The molecule has 3 aliphatic heterocycles. The van der Waals surface area contributed by atoms with E-state index in [0.717, 1.165) is 63.2 Å². The minimum atomic E-state index is 0.103. The minimum absolute atomic E-state index is 0.103. The van der Waals surface area contributed by atoms with E-state index >= 15 is 0 Å². The number of hydrogen-bond donors (Lipinski definition) is 1. The van der Waals surface area contributed by atoms with E-state index in [1.165, 1.54) is 6.42 Å². The van der Waals surface area contributed by atoms with Crippen LogP contribution in [0.4, 0.5) is 11.4 Å². The van der Waals surface area contributed by atoms with Crippen LogP contribution >= 0.6 is 0 Å². The largest absolute Gasteiger partial charge is 0.397 e. The van der Waals surface area contributed by atoms with Crippen molar-refractivity contribution in [2.75, 3.05) is 30.3 Å². The first-order valence-electron chi connectivity index (χ1n) is 11.7. The Kier molecular flexibility index (Phi) is 5.24. The number of amides is 1. The van der Waals surface area contributed by atoms with Gasteiger partial charge in [0.05, 0.1) is 11.4 Å². The molecule has 0 radical (unpaired) electrons. The molecule has 2 saturated heterocycles. The van der Waals surface area contributed by atoms with Gasteiger partial charge in [-0.2, -0.15) is 0 Å². The number of hydrogen-bond acceptors (Lipinski definition) is 4. The van der Waals surface area contributed by atoms with Crippen LogP contribution in [0.25, 0.3) is 0 Å². The molecule has 6 nitrogen and oxygen atoms in total. The molecule has 1 aromatic carbocycles. The number of nitrogens with two attached hydrogens (primary N) is 1. The summed E-state index contributed by atoms with van der Waals surface area (Å²) in [7, 11) is 0. The first-order valence-corrected chi connectivity index (χ1v) is 11.7. The number of nitrogen functional groups attached to an aromatic ring is 1. The fourth-order valence-electron chi connectivity index (χ4n) is 5.93. The van der Waals surface area contributed by atoms with Gasteiger partial charge in [-0.05, 0) is 62.3 Å². The van der Waals surface area contributed by atoms with Crippen molar-refractivity contribution >= 4 is 17.3 Å². The topological polar surface area (TPSA) is 71.6 Å². The van der Waals surface area contributed by atoms with Crippen molar-refractivity contribution in [2.45, 2.75) is 57.5 Å². The molecule has 0 aliphatic carbocycles. The molecule has 0 spiro atoms. The number of rotatable bonds is 3. The third-order valence-electron chi connectivity index (χ3n) is 7.45. The molecule has 1 amide bonds. The fourth-order valence-corrected chi connectivity index (χ4v) is 5.93. The molecular weight excluding hydrogens is 388 g/mol. The maximum Gasteiger partial charge on any atom is 0.254 e. The molecular formula is C25H32N4O2. The summed E-state index contributed by atoms with van der Waals surface area (Å²) in [5.74, 6) is 0.875. The number of aromatic nitrogens is 1. The normalized spacial score (nSPS) is 25.3. The van der Waals surface area contributed by atoms with Crippen molar-refractivity contribution in [3.8, 4) is 0 Å². The quantitative estimate of drug-likeness (QED) is 0.772. The molecule has 4 heterocycles. The number of nitrogens with zero attached hydrogens (tertiary/aromatic N) is 3. The zero-order valence-corrected chi connectivity index (χ0v) is 18.3. The van der Waals surface area contributed by atoms with Crippen molar-refractivity contribution in [3.63, 3.8) is 0 Å². The van der Waals surface area contributed by atoms with E-state index in [1.54, 1.807) is 6.07 Å². The van der Waals surface area contributed by atoms with Gasteiger partial charge in [-0.25, -0.2) is 0 Å². The van der Waals surface area contributed by atoms with Gasteiger partial charge >= 0.3 is 0 Å². The van der Waals surface area contributed by atoms with Gasteiger partial charge in [-0.3, -0.25) is 9.59 Å². The monoisotopic (exact) mass is 420 g/mol. The maximum absolute atomic E-state index is 13.2. The van der Waals surface area contributed by atoms with E-state index in [-0.39, 0.29) is 11.5 Å². The van der Waals surface area contributed by atoms with Gasteiger partial charge in [0, 0.05) is 55.5 Å². The number of piperidine rings is 2. The first-order chi connectivity index (χ1) is 15.0. The lowest BCUT2D eigenvalue weighted by molar-refractivity contribution is 0.0608. The second kappa shape index (κ2) is 8.06. The number of pyridine rings is 1. The van der Waals surface area contributed by atoms with Gasteiger partial charge in [0.1, 0.15) is 0 Å². The SMILES string of the molecule is CC[C@H]1CCCCN1C(=O)c1ccc(N2C[C@H]3C[C@@H](C2)c2cccc(=O)n2C3)c(N)c1. The summed E-state index contributed by atoms with van der Waals surface area (Å²) in [5, 5.41) is 0. The summed E-state index contributed by atoms with van der Waals surface area (Å²) in [4.78, 5) is 29.8. The van der Waals surface area contributed by atoms with Crippen LogP contribution in [0.2, 0.25) is 0 Å². The molecule has 164 valence electrons. The molecule has 1 aromatic heterocycles. The van der Waals surface area contributed by atoms with Crippen molar-refractivity contribution < 1.29 is 4.79 Å². The highest BCUT2D eigenvalue weighted by molar-refractivity contribution is 5.96. The zero-order valence-electron chi connectivity index (χ0n) is 18.3. The molecule has 2 aromatic rings. The summed E-state index contributed by atoms with van der Waals surface area (Å²) in [5.41, 5.74) is 10.1. The Morgan fingerprint density at radius 1 is 1.13 bits per heavy atom. The fraction of sp³-hybridized carbons (Fsp3) is 0.520. The van der Waals surface area contributed by atoms with Crippen LogP contribution in [0.15, 0.2) is 41.2 Å². The predicted molar refractivity (Wildman–Crippen MR) is 124 cm³/mol. The van der Waals surface area contributed by atoms with Crippen molar-refractivity contribution in [1.82, 2.24) is 9.47 Å². The van der Waals surface area contributed by atoms with E-state index in [2.05, 4.69) is 17.9 Å². The molecule has 0 unspecified atom stereocenters. The van der Waals surface area contributed by atoms with Gasteiger partial charge in [0.2, 0.25) is 0 Å². The molecule has 5 rings (SSSR count). The van der Waals surface area contributed by atoms with Crippen LogP contribution in [0.5, 0.6) is 0 Å². The van der Waals surface area contributed by atoms with E-state index in [9.17, 15) is 9.59 Å². The summed E-state index contributed by atoms with van der Waals surface area (Å²) in [6, 6.07) is 11.8. The summed E-state index contributed by atoms with van der Waals surface area (Å²) >= 11 is 0. The third-order valence-corrected chi connectivity index (χ3v) is 7.45. The Morgan fingerprint density at radius 2 is 2.00 bits per heavy atom. The summed E-state index contributed by atoms with van der Waals surface area (Å²) in [6.45, 7) is 5.51. The lowest BCUT2D eigenvalue weighted by atomic mass is 9.83. The minimum Gasteiger partial charge on any atom is -0.397 e. The van der Waals surface area contributed by atoms with Crippen molar-refractivity contribution in [1.29, 1.82) is 0 Å². The smallest absolute Gasteiger partial charge is 0.254 e. The first kappa shape index (κ1) is 20.2. The number of likely N-dealkylation sites (tertiary alicyclic amines) is 1. The molecule has 6 heteroatoms.